The lowest BCUT2D eigenvalue weighted by Gasteiger charge is -2.08. The molecule has 1 heterocycles. The molecule has 0 aliphatic rings. The van der Waals surface area contributed by atoms with Gasteiger partial charge >= 0.3 is 0 Å². The van der Waals surface area contributed by atoms with Gasteiger partial charge in [-0.25, -0.2) is 4.98 Å². The molecule has 1 aromatic carbocycles. The van der Waals surface area contributed by atoms with E-state index in [9.17, 15) is 0 Å². The van der Waals surface area contributed by atoms with Crippen molar-refractivity contribution in [1.82, 2.24) is 4.98 Å². The van der Waals surface area contributed by atoms with Crippen LogP contribution >= 0.6 is 0 Å². The normalized spacial score (nSPS) is 9.65. The van der Waals surface area contributed by atoms with Crippen molar-refractivity contribution in [3.05, 3.63) is 47.8 Å². The quantitative estimate of drug-likeness (QED) is 0.797. The number of ether oxygens (including phenoxy) is 1. The molecule has 0 amide bonds. The molecule has 17 heavy (non-hydrogen) atoms. The first-order valence-electron chi connectivity index (χ1n) is 5.09. The molecule has 0 saturated heterocycles. The molecule has 0 spiro atoms. The topological polar surface area (TPSA) is 71.9 Å². The number of hydrogen-bond donors (Lipinski definition) is 1. The van der Waals surface area contributed by atoms with E-state index in [-0.39, 0.29) is 0 Å². The summed E-state index contributed by atoms with van der Waals surface area (Å²) in [6.07, 6.45) is 1.50. The Labute approximate surface area is 99.3 Å². The SMILES string of the molecule is Cc1ccc(Oc2ccc(C#N)nc2)c(N)c1. The summed E-state index contributed by atoms with van der Waals surface area (Å²) in [6.45, 7) is 1.96. The Bertz CT molecular complexity index is 570. The van der Waals surface area contributed by atoms with Gasteiger partial charge in [-0.05, 0) is 36.8 Å². The highest BCUT2D eigenvalue weighted by molar-refractivity contribution is 5.55. The fourth-order valence-corrected chi connectivity index (χ4v) is 1.39. The van der Waals surface area contributed by atoms with E-state index in [1.165, 1.54) is 6.20 Å². The zero-order valence-electron chi connectivity index (χ0n) is 9.34. The lowest BCUT2D eigenvalue weighted by molar-refractivity contribution is 0.482. The number of nitrogens with zero attached hydrogens (tertiary/aromatic N) is 2. The molecule has 0 atom stereocenters. The molecule has 4 heteroatoms. The van der Waals surface area contributed by atoms with Crippen LogP contribution in [0.2, 0.25) is 0 Å². The van der Waals surface area contributed by atoms with Gasteiger partial charge in [0.15, 0.2) is 0 Å². The molecule has 0 bridgehead atoms. The molecular weight excluding hydrogens is 214 g/mol. The van der Waals surface area contributed by atoms with Gasteiger partial charge < -0.3 is 10.5 Å². The second-order valence-corrected chi connectivity index (χ2v) is 3.63. The summed E-state index contributed by atoms with van der Waals surface area (Å²) in [5.74, 6) is 1.14. The molecule has 4 nitrogen and oxygen atoms in total. The van der Waals surface area contributed by atoms with Crippen molar-refractivity contribution < 1.29 is 4.74 Å². The van der Waals surface area contributed by atoms with E-state index in [4.69, 9.17) is 15.7 Å². The number of nitrogen functional groups attached to an aromatic ring is 1. The van der Waals surface area contributed by atoms with Crippen molar-refractivity contribution in [2.75, 3.05) is 5.73 Å². The van der Waals surface area contributed by atoms with Crippen LogP contribution < -0.4 is 10.5 Å². The third kappa shape index (κ3) is 2.52. The zero-order chi connectivity index (χ0) is 12.3. The molecule has 0 saturated carbocycles. The summed E-state index contributed by atoms with van der Waals surface area (Å²) in [6, 6.07) is 10.8. The number of pyridine rings is 1. The zero-order valence-corrected chi connectivity index (χ0v) is 9.34. The fraction of sp³-hybridized carbons (Fsp3) is 0.0769. The number of anilines is 1. The van der Waals surface area contributed by atoms with Crippen LogP contribution in [0.15, 0.2) is 36.5 Å². The molecular formula is C13H11N3O. The van der Waals surface area contributed by atoms with E-state index in [2.05, 4.69) is 4.98 Å². The number of nitrogens with two attached hydrogens (primary N) is 1. The monoisotopic (exact) mass is 225 g/mol. The number of hydrogen-bond acceptors (Lipinski definition) is 4. The van der Waals surface area contributed by atoms with Crippen LogP contribution in [0.4, 0.5) is 5.69 Å². The molecule has 84 valence electrons. The molecule has 1 aromatic heterocycles. The number of aryl methyl sites for hydroxylation is 1. The highest BCUT2D eigenvalue weighted by Gasteiger charge is 2.02. The summed E-state index contributed by atoms with van der Waals surface area (Å²) in [5, 5.41) is 8.62. The van der Waals surface area contributed by atoms with Gasteiger partial charge in [-0.15, -0.1) is 0 Å². The van der Waals surface area contributed by atoms with Crippen LogP contribution in [-0.4, -0.2) is 4.98 Å². The standard InChI is InChI=1S/C13H11N3O/c1-9-2-5-13(12(15)6-9)17-11-4-3-10(7-14)16-8-11/h2-6,8H,15H2,1H3. The van der Waals surface area contributed by atoms with Crippen molar-refractivity contribution in [1.29, 1.82) is 5.26 Å². The Morgan fingerprint density at radius 1 is 1.29 bits per heavy atom. The Balaban J connectivity index is 2.23. The Morgan fingerprint density at radius 3 is 2.71 bits per heavy atom. The van der Waals surface area contributed by atoms with E-state index in [0.29, 0.717) is 22.9 Å². The van der Waals surface area contributed by atoms with Gasteiger partial charge in [-0.2, -0.15) is 5.26 Å². The summed E-state index contributed by atoms with van der Waals surface area (Å²) in [7, 11) is 0. The molecule has 2 rings (SSSR count). The van der Waals surface area contributed by atoms with E-state index in [1.54, 1.807) is 12.1 Å². The van der Waals surface area contributed by atoms with Crippen molar-refractivity contribution in [2.24, 2.45) is 0 Å². The predicted molar refractivity (Wildman–Crippen MR) is 64.6 cm³/mol. The van der Waals surface area contributed by atoms with Crippen LogP contribution in [0.1, 0.15) is 11.3 Å². The fourth-order valence-electron chi connectivity index (χ4n) is 1.39. The smallest absolute Gasteiger partial charge is 0.150 e. The third-order valence-electron chi connectivity index (χ3n) is 2.24. The van der Waals surface area contributed by atoms with Gasteiger partial charge in [0, 0.05) is 0 Å². The number of nitriles is 1. The minimum Gasteiger partial charge on any atom is -0.454 e. The maximum Gasteiger partial charge on any atom is 0.150 e. The molecule has 0 unspecified atom stereocenters. The van der Waals surface area contributed by atoms with Crippen molar-refractivity contribution >= 4 is 5.69 Å². The average Bonchev–Trinajstić information content (AvgIpc) is 2.34. The first-order chi connectivity index (χ1) is 8.19. The lowest BCUT2D eigenvalue weighted by atomic mass is 10.2. The van der Waals surface area contributed by atoms with Crippen molar-refractivity contribution in [2.45, 2.75) is 6.92 Å². The van der Waals surface area contributed by atoms with E-state index >= 15 is 0 Å². The summed E-state index contributed by atoms with van der Waals surface area (Å²) in [5.41, 5.74) is 7.84. The molecule has 0 fully saturated rings. The van der Waals surface area contributed by atoms with E-state index in [0.717, 1.165) is 5.56 Å². The first-order valence-corrected chi connectivity index (χ1v) is 5.09. The molecule has 2 N–H and O–H groups in total. The number of rotatable bonds is 2. The average molecular weight is 225 g/mol. The van der Waals surface area contributed by atoms with E-state index < -0.39 is 0 Å². The van der Waals surface area contributed by atoms with Crippen LogP contribution in [0, 0.1) is 18.3 Å². The van der Waals surface area contributed by atoms with Gasteiger partial charge in [0.1, 0.15) is 23.3 Å². The van der Waals surface area contributed by atoms with Crippen LogP contribution in [0.25, 0.3) is 0 Å². The molecule has 0 radical (unpaired) electrons. The number of benzene rings is 1. The maximum atomic E-state index is 8.62. The molecule has 0 aliphatic carbocycles. The van der Waals surface area contributed by atoms with Crippen LogP contribution in [0.3, 0.4) is 0 Å². The summed E-state index contributed by atoms with van der Waals surface area (Å²) in [4.78, 5) is 3.91. The van der Waals surface area contributed by atoms with E-state index in [1.807, 2.05) is 31.2 Å². The van der Waals surface area contributed by atoms with Crippen molar-refractivity contribution in [3.63, 3.8) is 0 Å². The Hall–Kier alpha value is -2.54. The maximum absolute atomic E-state index is 8.62. The first kappa shape index (κ1) is 11.0. The largest absolute Gasteiger partial charge is 0.454 e. The van der Waals surface area contributed by atoms with Crippen LogP contribution in [0.5, 0.6) is 11.5 Å². The third-order valence-corrected chi connectivity index (χ3v) is 2.24. The highest BCUT2D eigenvalue weighted by atomic mass is 16.5. The Kier molecular flexibility index (Phi) is 2.93. The molecule has 2 aromatic rings. The van der Waals surface area contributed by atoms with Gasteiger partial charge in [0.25, 0.3) is 0 Å². The Morgan fingerprint density at radius 2 is 2.12 bits per heavy atom. The van der Waals surface area contributed by atoms with Gasteiger partial charge in [-0.1, -0.05) is 6.07 Å². The predicted octanol–water partition coefficient (Wildman–Crippen LogP) is 2.64. The van der Waals surface area contributed by atoms with Gasteiger partial charge in [0.2, 0.25) is 0 Å². The van der Waals surface area contributed by atoms with Crippen LogP contribution in [-0.2, 0) is 0 Å². The number of aromatic nitrogens is 1. The second-order valence-electron chi connectivity index (χ2n) is 3.63. The highest BCUT2D eigenvalue weighted by Crippen LogP contribution is 2.27. The minimum absolute atomic E-state index is 0.356. The second kappa shape index (κ2) is 4.54. The van der Waals surface area contributed by atoms with Crippen molar-refractivity contribution in [3.8, 4) is 17.6 Å². The summed E-state index contributed by atoms with van der Waals surface area (Å²) >= 11 is 0. The lowest BCUT2D eigenvalue weighted by Crippen LogP contribution is -1.93. The van der Waals surface area contributed by atoms with Gasteiger partial charge in [-0.3, -0.25) is 0 Å². The summed E-state index contributed by atoms with van der Waals surface area (Å²) < 4.78 is 5.57. The minimum atomic E-state index is 0.356. The molecule has 0 aliphatic heterocycles. The van der Waals surface area contributed by atoms with Gasteiger partial charge in [0.05, 0.1) is 11.9 Å².